The zero-order chi connectivity index (χ0) is 19.1. The summed E-state index contributed by atoms with van der Waals surface area (Å²) in [6.45, 7) is 0. The highest BCUT2D eigenvalue weighted by Gasteiger charge is 2.40. The molecule has 0 aliphatic carbocycles. The third kappa shape index (κ3) is 2.85. The van der Waals surface area contributed by atoms with Crippen molar-refractivity contribution in [1.29, 1.82) is 0 Å². The van der Waals surface area contributed by atoms with E-state index >= 15 is 0 Å². The molecule has 0 radical (unpaired) electrons. The molecule has 3 rings (SSSR count). The number of hydrogen-bond donors (Lipinski definition) is 0. The molecule has 2 heterocycles. The Hall–Kier alpha value is -3.43. The first-order valence-corrected chi connectivity index (χ1v) is 7.05. The van der Waals surface area contributed by atoms with E-state index in [0.29, 0.717) is 12.3 Å². The molecule has 0 N–H and O–H groups in total. The summed E-state index contributed by atoms with van der Waals surface area (Å²) in [4.78, 5) is 44.5. The number of carbonyl (C=O) groups excluding carboxylic acids is 3. The van der Waals surface area contributed by atoms with Crippen LogP contribution in [0.1, 0.15) is 36.8 Å². The number of ether oxygens (including phenoxy) is 1. The Bertz CT molecular complexity index is 891. The Morgan fingerprint density at radius 2 is 1.69 bits per heavy atom. The summed E-state index contributed by atoms with van der Waals surface area (Å²) in [6, 6.07) is 6.16. The van der Waals surface area contributed by atoms with Gasteiger partial charge in [0.05, 0.1) is 24.4 Å². The van der Waals surface area contributed by atoms with Gasteiger partial charge in [0.1, 0.15) is 11.3 Å². The van der Waals surface area contributed by atoms with Crippen LogP contribution in [0.4, 0.5) is 13.2 Å². The lowest BCUT2D eigenvalue weighted by molar-refractivity contribution is -0.141. The molecule has 10 heteroatoms. The van der Waals surface area contributed by atoms with Crippen molar-refractivity contribution in [2.75, 3.05) is 7.11 Å². The number of halogens is 3. The Labute approximate surface area is 143 Å². The maximum Gasteiger partial charge on any atom is 0.433 e. The molecule has 134 valence electrons. The molecular weight excluding hydrogens is 357 g/mol. The van der Waals surface area contributed by atoms with Crippen LogP contribution in [0.2, 0.25) is 0 Å². The van der Waals surface area contributed by atoms with E-state index in [1.807, 2.05) is 0 Å². The molecule has 2 aromatic rings. The van der Waals surface area contributed by atoms with Gasteiger partial charge in [-0.25, -0.2) is 9.78 Å². The van der Waals surface area contributed by atoms with Crippen molar-refractivity contribution in [3.05, 3.63) is 58.9 Å². The molecule has 0 saturated carbocycles. The molecule has 0 fully saturated rings. The lowest BCUT2D eigenvalue weighted by atomic mass is 10.1. The van der Waals surface area contributed by atoms with E-state index < -0.39 is 35.2 Å². The lowest BCUT2D eigenvalue weighted by Gasteiger charge is -2.15. The van der Waals surface area contributed by atoms with Crippen LogP contribution in [0.25, 0.3) is 0 Å². The predicted octanol–water partition coefficient (Wildman–Crippen LogP) is 2.48. The van der Waals surface area contributed by atoms with Crippen LogP contribution >= 0.6 is 0 Å². The number of imide groups is 1. The zero-order valence-corrected chi connectivity index (χ0v) is 13.0. The van der Waals surface area contributed by atoms with Gasteiger partial charge >= 0.3 is 12.1 Å². The molecule has 0 atom stereocenters. The lowest BCUT2D eigenvalue weighted by Crippen LogP contribution is -2.33. The third-order valence-electron chi connectivity index (χ3n) is 3.53. The third-order valence-corrected chi connectivity index (χ3v) is 3.53. The second-order valence-corrected chi connectivity index (χ2v) is 5.10. The van der Waals surface area contributed by atoms with E-state index in [2.05, 4.69) is 4.98 Å². The fourth-order valence-electron chi connectivity index (χ4n) is 2.30. The first kappa shape index (κ1) is 17.4. The van der Waals surface area contributed by atoms with Crippen LogP contribution < -0.4 is 4.74 Å². The molecule has 0 bridgehead atoms. The second-order valence-electron chi connectivity index (χ2n) is 5.10. The van der Waals surface area contributed by atoms with E-state index in [-0.39, 0.29) is 21.9 Å². The van der Waals surface area contributed by atoms with Crippen LogP contribution in [0.15, 0.2) is 36.5 Å². The highest BCUT2D eigenvalue weighted by atomic mass is 19.4. The minimum absolute atomic E-state index is 0.0166. The summed E-state index contributed by atoms with van der Waals surface area (Å²) < 4.78 is 43.2. The first-order valence-electron chi connectivity index (χ1n) is 7.05. The number of carbonyl (C=O) groups is 3. The fourth-order valence-corrected chi connectivity index (χ4v) is 2.30. The standard InChI is InChI=1S/C16H9F3N2O5/c1-25-11-7-20-12(16(17,18)19)6-10(11)15(24)26-21-13(22)8-4-2-3-5-9(8)14(21)23/h2-7H,1H3. The van der Waals surface area contributed by atoms with Gasteiger partial charge in [0.25, 0.3) is 11.8 Å². The van der Waals surface area contributed by atoms with Gasteiger partial charge in [0.15, 0.2) is 5.75 Å². The van der Waals surface area contributed by atoms with Crippen LogP contribution in [0.3, 0.4) is 0 Å². The van der Waals surface area contributed by atoms with Gasteiger partial charge < -0.3 is 9.57 Å². The Morgan fingerprint density at radius 3 is 2.19 bits per heavy atom. The summed E-state index contributed by atoms with van der Waals surface area (Å²) in [5.74, 6) is -3.48. The van der Waals surface area contributed by atoms with Crippen molar-refractivity contribution in [2.45, 2.75) is 6.18 Å². The van der Waals surface area contributed by atoms with Gasteiger partial charge in [-0.05, 0) is 18.2 Å². The van der Waals surface area contributed by atoms with Gasteiger partial charge in [0.2, 0.25) is 0 Å². The minimum Gasteiger partial charge on any atom is -0.494 e. The number of rotatable bonds is 3. The number of hydroxylamine groups is 2. The molecule has 1 aliphatic heterocycles. The number of fused-ring (bicyclic) bond motifs is 1. The average Bonchev–Trinajstić information content (AvgIpc) is 2.85. The van der Waals surface area contributed by atoms with Crippen LogP contribution in [-0.4, -0.2) is 34.9 Å². The van der Waals surface area contributed by atoms with Gasteiger partial charge in [-0.3, -0.25) is 9.59 Å². The van der Waals surface area contributed by atoms with Crippen molar-refractivity contribution in [3.8, 4) is 5.75 Å². The summed E-state index contributed by atoms with van der Waals surface area (Å²) in [7, 11) is 1.11. The average molecular weight is 366 g/mol. The number of methoxy groups -OCH3 is 1. The van der Waals surface area contributed by atoms with Crippen molar-refractivity contribution >= 4 is 17.8 Å². The Balaban J connectivity index is 1.92. The second kappa shape index (κ2) is 6.14. The molecule has 26 heavy (non-hydrogen) atoms. The highest BCUT2D eigenvalue weighted by molar-refractivity contribution is 6.21. The smallest absolute Gasteiger partial charge is 0.433 e. The summed E-state index contributed by atoms with van der Waals surface area (Å²) >= 11 is 0. The van der Waals surface area contributed by atoms with E-state index in [1.165, 1.54) is 24.3 Å². The molecule has 1 aliphatic rings. The molecule has 1 aromatic heterocycles. The Kier molecular flexibility index (Phi) is 4.10. The number of benzene rings is 1. The molecule has 1 aromatic carbocycles. The summed E-state index contributed by atoms with van der Waals surface area (Å²) in [6.07, 6.45) is -4.11. The Morgan fingerprint density at radius 1 is 1.12 bits per heavy atom. The normalized spacial score (nSPS) is 13.6. The molecule has 2 amide bonds. The van der Waals surface area contributed by atoms with Crippen molar-refractivity contribution in [1.82, 2.24) is 10.0 Å². The monoisotopic (exact) mass is 366 g/mol. The van der Waals surface area contributed by atoms with E-state index in [0.717, 1.165) is 7.11 Å². The van der Waals surface area contributed by atoms with Crippen molar-refractivity contribution in [3.63, 3.8) is 0 Å². The number of hydrogen-bond acceptors (Lipinski definition) is 6. The number of pyridine rings is 1. The quantitative estimate of drug-likeness (QED) is 0.776. The largest absolute Gasteiger partial charge is 0.494 e. The fraction of sp³-hybridized carbons (Fsp3) is 0.125. The van der Waals surface area contributed by atoms with E-state index in [1.54, 1.807) is 0 Å². The van der Waals surface area contributed by atoms with E-state index in [9.17, 15) is 27.6 Å². The predicted molar refractivity (Wildman–Crippen MR) is 78.1 cm³/mol. The topological polar surface area (TPSA) is 85.8 Å². The molecule has 0 unspecified atom stereocenters. The van der Waals surface area contributed by atoms with E-state index in [4.69, 9.17) is 9.57 Å². The van der Waals surface area contributed by atoms with Gasteiger partial charge in [-0.1, -0.05) is 17.2 Å². The van der Waals surface area contributed by atoms with Crippen molar-refractivity contribution < 1.29 is 37.1 Å². The van der Waals surface area contributed by atoms with Gasteiger partial charge in [-0.2, -0.15) is 13.2 Å². The van der Waals surface area contributed by atoms with Crippen LogP contribution in [0.5, 0.6) is 5.75 Å². The molecular formula is C16H9F3N2O5. The molecule has 0 saturated heterocycles. The number of alkyl halides is 3. The summed E-state index contributed by atoms with van der Waals surface area (Å²) in [5, 5.41) is 0.195. The van der Waals surface area contributed by atoms with Gasteiger partial charge in [0, 0.05) is 0 Å². The molecule has 7 nitrogen and oxygen atoms in total. The highest BCUT2D eigenvalue weighted by Crippen LogP contribution is 2.31. The van der Waals surface area contributed by atoms with Gasteiger partial charge in [-0.15, -0.1) is 0 Å². The maximum absolute atomic E-state index is 12.8. The zero-order valence-electron chi connectivity index (χ0n) is 13.0. The van der Waals surface area contributed by atoms with Crippen LogP contribution in [0, 0.1) is 0 Å². The maximum atomic E-state index is 12.8. The van der Waals surface area contributed by atoms with Crippen LogP contribution in [-0.2, 0) is 11.0 Å². The number of nitrogens with zero attached hydrogens (tertiary/aromatic N) is 2. The van der Waals surface area contributed by atoms with Crippen molar-refractivity contribution in [2.24, 2.45) is 0 Å². The minimum atomic E-state index is -4.81. The number of amides is 2. The molecule has 0 spiro atoms. The SMILES string of the molecule is COc1cnc(C(F)(F)F)cc1C(=O)ON1C(=O)c2ccccc2C1=O. The number of aromatic nitrogens is 1. The first-order chi connectivity index (χ1) is 12.2. The summed E-state index contributed by atoms with van der Waals surface area (Å²) in [5.41, 5.74) is -1.95.